The van der Waals surface area contributed by atoms with Crippen LogP contribution in [0.2, 0.25) is 5.02 Å². The molecule has 4 heteroatoms. The van der Waals surface area contributed by atoms with E-state index in [1.807, 2.05) is 24.3 Å². The summed E-state index contributed by atoms with van der Waals surface area (Å²) in [5.41, 5.74) is 0.363. The van der Waals surface area contributed by atoms with Crippen LogP contribution < -0.4 is 0 Å². The Morgan fingerprint density at radius 2 is 2.06 bits per heavy atom. The summed E-state index contributed by atoms with van der Waals surface area (Å²) in [6.07, 6.45) is 0. The molecule has 0 aliphatic heterocycles. The molecular weight excluding hydrogens is 244 g/mol. The highest BCUT2D eigenvalue weighted by atomic mass is 35.5. The van der Waals surface area contributed by atoms with E-state index in [1.54, 1.807) is 25.6 Å². The summed E-state index contributed by atoms with van der Waals surface area (Å²) in [6.45, 7) is 3.46. The van der Waals surface area contributed by atoms with Crippen LogP contribution in [0.5, 0.6) is 0 Å². The van der Waals surface area contributed by atoms with Crippen LogP contribution in [-0.2, 0) is 10.5 Å². The van der Waals surface area contributed by atoms with Crippen molar-refractivity contribution in [1.82, 2.24) is 0 Å². The van der Waals surface area contributed by atoms with E-state index in [4.69, 9.17) is 16.7 Å². The molecule has 0 aliphatic carbocycles. The third kappa shape index (κ3) is 3.72. The van der Waals surface area contributed by atoms with E-state index in [0.717, 1.165) is 16.3 Å². The van der Waals surface area contributed by atoms with E-state index in [9.17, 15) is 4.79 Å². The summed E-state index contributed by atoms with van der Waals surface area (Å²) >= 11 is 7.60. The number of carboxylic acid groups (broad SMARTS) is 1. The second kappa shape index (κ2) is 5.60. The smallest absolute Gasteiger partial charge is 0.309 e. The Balaban J connectivity index is 2.48. The van der Waals surface area contributed by atoms with Crippen LogP contribution in [0.4, 0.5) is 0 Å². The number of thioether (sulfide) groups is 1. The Labute approximate surface area is 105 Å². The van der Waals surface area contributed by atoms with Gasteiger partial charge >= 0.3 is 5.97 Å². The highest BCUT2D eigenvalue weighted by Gasteiger charge is 2.26. The first kappa shape index (κ1) is 13.4. The van der Waals surface area contributed by atoms with Crippen molar-refractivity contribution in [2.24, 2.45) is 5.41 Å². The molecule has 1 N–H and O–H groups in total. The Bertz CT molecular complexity index is 377. The summed E-state index contributed by atoms with van der Waals surface area (Å²) in [7, 11) is 0. The average Bonchev–Trinajstić information content (AvgIpc) is 2.20. The van der Waals surface area contributed by atoms with Crippen LogP contribution in [0.15, 0.2) is 24.3 Å². The largest absolute Gasteiger partial charge is 0.481 e. The van der Waals surface area contributed by atoms with E-state index < -0.39 is 11.4 Å². The first-order valence-electron chi connectivity index (χ1n) is 4.98. The molecule has 1 rings (SSSR count). The molecule has 1 aromatic carbocycles. The average molecular weight is 259 g/mol. The maximum Gasteiger partial charge on any atom is 0.309 e. The van der Waals surface area contributed by atoms with Crippen molar-refractivity contribution < 1.29 is 9.90 Å². The number of halogens is 1. The van der Waals surface area contributed by atoms with E-state index in [2.05, 4.69) is 0 Å². The van der Waals surface area contributed by atoms with Gasteiger partial charge in [-0.3, -0.25) is 4.79 Å². The molecule has 1 aromatic rings. The molecule has 0 aromatic heterocycles. The fourth-order valence-corrected chi connectivity index (χ4v) is 2.58. The minimum atomic E-state index is -0.765. The van der Waals surface area contributed by atoms with Gasteiger partial charge in [0.15, 0.2) is 0 Å². The molecule has 0 atom stereocenters. The van der Waals surface area contributed by atoms with Crippen molar-refractivity contribution in [2.75, 3.05) is 5.75 Å². The first-order valence-corrected chi connectivity index (χ1v) is 6.51. The van der Waals surface area contributed by atoms with E-state index in [0.29, 0.717) is 5.75 Å². The molecule has 16 heavy (non-hydrogen) atoms. The minimum absolute atomic E-state index is 0.577. The fraction of sp³-hybridized carbons (Fsp3) is 0.417. The van der Waals surface area contributed by atoms with Crippen LogP contribution in [0.1, 0.15) is 19.4 Å². The van der Waals surface area contributed by atoms with Crippen molar-refractivity contribution >= 4 is 29.3 Å². The number of hydrogen-bond donors (Lipinski definition) is 1. The Morgan fingerprint density at radius 1 is 1.44 bits per heavy atom. The molecule has 0 fully saturated rings. The van der Waals surface area contributed by atoms with Gasteiger partial charge in [-0.15, -0.1) is 0 Å². The highest BCUT2D eigenvalue weighted by molar-refractivity contribution is 7.98. The first-order chi connectivity index (χ1) is 7.43. The molecule has 0 unspecified atom stereocenters. The third-order valence-corrected chi connectivity index (χ3v) is 4.07. The van der Waals surface area contributed by atoms with Gasteiger partial charge in [0.1, 0.15) is 0 Å². The van der Waals surface area contributed by atoms with Crippen molar-refractivity contribution in [1.29, 1.82) is 0 Å². The molecule has 88 valence electrons. The fourth-order valence-electron chi connectivity index (χ4n) is 1.09. The topological polar surface area (TPSA) is 37.3 Å². The highest BCUT2D eigenvalue weighted by Crippen LogP contribution is 2.26. The van der Waals surface area contributed by atoms with Crippen LogP contribution in [0.3, 0.4) is 0 Å². The van der Waals surface area contributed by atoms with Crippen molar-refractivity contribution in [3.63, 3.8) is 0 Å². The summed E-state index contributed by atoms with van der Waals surface area (Å²) in [5.74, 6) is 0.559. The number of carbonyl (C=O) groups is 1. The van der Waals surface area contributed by atoms with Gasteiger partial charge in [-0.25, -0.2) is 0 Å². The molecule has 0 saturated carbocycles. The summed E-state index contributed by atoms with van der Waals surface area (Å²) in [5, 5.41) is 9.69. The predicted octanol–water partition coefficient (Wildman–Crippen LogP) is 3.68. The number of carboxylic acids is 1. The molecule has 0 amide bonds. The van der Waals surface area contributed by atoms with E-state index in [1.165, 1.54) is 0 Å². The second-order valence-electron chi connectivity index (χ2n) is 4.27. The van der Waals surface area contributed by atoms with Crippen LogP contribution in [0, 0.1) is 5.41 Å². The van der Waals surface area contributed by atoms with Crippen LogP contribution >= 0.6 is 23.4 Å². The van der Waals surface area contributed by atoms with Crippen LogP contribution in [-0.4, -0.2) is 16.8 Å². The normalized spacial score (nSPS) is 11.4. The number of hydrogen-bond acceptors (Lipinski definition) is 2. The zero-order chi connectivity index (χ0) is 12.2. The number of aliphatic carboxylic acids is 1. The van der Waals surface area contributed by atoms with Gasteiger partial charge in [-0.1, -0.05) is 29.8 Å². The van der Waals surface area contributed by atoms with Gasteiger partial charge < -0.3 is 5.11 Å². The summed E-state index contributed by atoms with van der Waals surface area (Å²) in [4.78, 5) is 10.9. The van der Waals surface area contributed by atoms with Crippen molar-refractivity contribution in [3.05, 3.63) is 34.9 Å². The zero-order valence-electron chi connectivity index (χ0n) is 9.37. The molecule has 0 saturated heterocycles. The Kier molecular flexibility index (Phi) is 4.69. The lowest BCUT2D eigenvalue weighted by atomic mass is 9.97. The maximum atomic E-state index is 10.9. The SMILES string of the molecule is CC(C)(CSCc1ccccc1Cl)C(=O)O. The minimum Gasteiger partial charge on any atom is -0.481 e. The third-order valence-electron chi connectivity index (χ3n) is 2.26. The lowest BCUT2D eigenvalue weighted by molar-refractivity contribution is -0.145. The number of benzene rings is 1. The van der Waals surface area contributed by atoms with E-state index in [-0.39, 0.29) is 0 Å². The molecule has 2 nitrogen and oxygen atoms in total. The molecule has 0 spiro atoms. The summed E-state index contributed by atoms with van der Waals surface area (Å²) < 4.78 is 0. The van der Waals surface area contributed by atoms with Gasteiger partial charge in [0, 0.05) is 16.5 Å². The van der Waals surface area contributed by atoms with Gasteiger partial charge in [-0.2, -0.15) is 11.8 Å². The monoisotopic (exact) mass is 258 g/mol. The van der Waals surface area contributed by atoms with Gasteiger partial charge in [0.25, 0.3) is 0 Å². The maximum absolute atomic E-state index is 10.9. The van der Waals surface area contributed by atoms with Gasteiger partial charge in [0.2, 0.25) is 0 Å². The predicted molar refractivity (Wildman–Crippen MR) is 69.0 cm³/mol. The number of rotatable bonds is 5. The van der Waals surface area contributed by atoms with Gasteiger partial charge in [0.05, 0.1) is 5.41 Å². The lowest BCUT2D eigenvalue weighted by Gasteiger charge is -2.18. The van der Waals surface area contributed by atoms with E-state index >= 15 is 0 Å². The van der Waals surface area contributed by atoms with Gasteiger partial charge in [-0.05, 0) is 25.5 Å². The molecule has 0 radical (unpaired) electrons. The zero-order valence-corrected chi connectivity index (χ0v) is 10.9. The Hall–Kier alpha value is -0.670. The van der Waals surface area contributed by atoms with Crippen molar-refractivity contribution in [3.8, 4) is 0 Å². The molecular formula is C12H15ClO2S. The van der Waals surface area contributed by atoms with Crippen LogP contribution in [0.25, 0.3) is 0 Å². The Morgan fingerprint density at radius 3 is 2.62 bits per heavy atom. The molecule has 0 aliphatic rings. The summed E-state index contributed by atoms with van der Waals surface area (Å²) in [6, 6.07) is 7.63. The van der Waals surface area contributed by atoms with Crippen molar-refractivity contribution in [2.45, 2.75) is 19.6 Å². The molecule has 0 bridgehead atoms. The quantitative estimate of drug-likeness (QED) is 0.875. The second-order valence-corrected chi connectivity index (χ2v) is 5.67. The molecule has 0 heterocycles. The standard InChI is InChI=1S/C12H15ClO2S/c1-12(2,11(14)15)8-16-7-9-5-3-4-6-10(9)13/h3-6H,7-8H2,1-2H3,(H,14,15). The lowest BCUT2D eigenvalue weighted by Crippen LogP contribution is -2.26.